The highest BCUT2D eigenvalue weighted by Gasteiger charge is 2.03. The van der Waals surface area contributed by atoms with Crippen molar-refractivity contribution in [2.24, 2.45) is 5.84 Å². The molecule has 1 rings (SSSR count). The van der Waals surface area contributed by atoms with Gasteiger partial charge in [0.25, 0.3) is 0 Å². The second-order valence-electron chi connectivity index (χ2n) is 2.41. The lowest BCUT2D eigenvalue weighted by Crippen LogP contribution is -2.11. The van der Waals surface area contributed by atoms with Crippen LogP contribution in [0.5, 0.6) is 0 Å². The molecule has 0 fully saturated rings. The summed E-state index contributed by atoms with van der Waals surface area (Å²) in [5, 5.41) is 7.61. The quantitative estimate of drug-likeness (QED) is 0.540. The Bertz CT molecular complexity index is 330. The minimum absolute atomic E-state index is 0.533. The van der Waals surface area contributed by atoms with Crippen LogP contribution in [0.25, 0.3) is 12.2 Å². The first-order chi connectivity index (χ1) is 6.33. The van der Waals surface area contributed by atoms with Gasteiger partial charge in [0.2, 0.25) is 0 Å². The maximum Gasteiger partial charge on any atom is 0.170 e. The third kappa shape index (κ3) is 1.91. The SMILES string of the molecule is C=Cc1c(/C=C\C)cnnc1NN. The maximum absolute atomic E-state index is 5.27. The summed E-state index contributed by atoms with van der Waals surface area (Å²) in [4.78, 5) is 0. The van der Waals surface area contributed by atoms with Crippen molar-refractivity contribution in [3.05, 3.63) is 30.0 Å². The molecule has 0 amide bonds. The minimum Gasteiger partial charge on any atom is -0.306 e. The highest BCUT2D eigenvalue weighted by Crippen LogP contribution is 2.17. The highest BCUT2D eigenvalue weighted by molar-refractivity contribution is 5.71. The Hall–Kier alpha value is -1.68. The van der Waals surface area contributed by atoms with Crippen molar-refractivity contribution in [1.82, 2.24) is 10.2 Å². The molecule has 0 atom stereocenters. The van der Waals surface area contributed by atoms with Gasteiger partial charge in [0.1, 0.15) is 0 Å². The normalized spacial score (nSPS) is 10.3. The van der Waals surface area contributed by atoms with E-state index in [4.69, 9.17) is 5.84 Å². The van der Waals surface area contributed by atoms with Gasteiger partial charge in [0, 0.05) is 11.1 Å². The van der Waals surface area contributed by atoms with Gasteiger partial charge in [-0.15, -0.1) is 5.10 Å². The van der Waals surface area contributed by atoms with E-state index in [0.717, 1.165) is 11.1 Å². The highest BCUT2D eigenvalue weighted by atomic mass is 15.3. The molecule has 0 spiro atoms. The first-order valence-electron chi connectivity index (χ1n) is 3.91. The molecule has 0 saturated carbocycles. The van der Waals surface area contributed by atoms with E-state index in [1.54, 1.807) is 12.3 Å². The molecule has 1 aromatic heterocycles. The monoisotopic (exact) mass is 176 g/mol. The van der Waals surface area contributed by atoms with E-state index in [0.29, 0.717) is 5.82 Å². The summed E-state index contributed by atoms with van der Waals surface area (Å²) < 4.78 is 0. The van der Waals surface area contributed by atoms with Crippen molar-refractivity contribution in [2.75, 3.05) is 5.43 Å². The van der Waals surface area contributed by atoms with Gasteiger partial charge in [-0.05, 0) is 6.92 Å². The Kier molecular flexibility index (Phi) is 3.16. The lowest BCUT2D eigenvalue weighted by Gasteiger charge is -2.04. The number of nitrogen functional groups attached to an aromatic ring is 1. The van der Waals surface area contributed by atoms with Crippen molar-refractivity contribution < 1.29 is 0 Å². The Morgan fingerprint density at radius 2 is 2.38 bits per heavy atom. The van der Waals surface area contributed by atoms with Gasteiger partial charge in [-0.3, -0.25) is 0 Å². The molecule has 0 radical (unpaired) electrons. The van der Waals surface area contributed by atoms with Crippen LogP contribution in [0.4, 0.5) is 5.82 Å². The Labute approximate surface area is 77.1 Å². The fourth-order valence-electron chi connectivity index (χ4n) is 1.04. The first-order valence-corrected chi connectivity index (χ1v) is 3.91. The zero-order valence-electron chi connectivity index (χ0n) is 7.49. The van der Waals surface area contributed by atoms with Gasteiger partial charge in [-0.2, -0.15) is 5.10 Å². The van der Waals surface area contributed by atoms with Crippen LogP contribution in [0.15, 0.2) is 18.9 Å². The van der Waals surface area contributed by atoms with Crippen LogP contribution in [0.2, 0.25) is 0 Å². The lowest BCUT2D eigenvalue weighted by molar-refractivity contribution is 1.01. The summed E-state index contributed by atoms with van der Waals surface area (Å²) >= 11 is 0. The van der Waals surface area contributed by atoms with Gasteiger partial charge < -0.3 is 5.43 Å². The third-order valence-corrected chi connectivity index (χ3v) is 1.61. The van der Waals surface area contributed by atoms with Crippen molar-refractivity contribution in [1.29, 1.82) is 0 Å². The van der Waals surface area contributed by atoms with Crippen LogP contribution in [0, 0.1) is 0 Å². The molecule has 1 heterocycles. The Morgan fingerprint density at radius 1 is 1.62 bits per heavy atom. The van der Waals surface area contributed by atoms with Crippen LogP contribution in [0.3, 0.4) is 0 Å². The van der Waals surface area contributed by atoms with Gasteiger partial charge in [0.05, 0.1) is 6.20 Å². The zero-order chi connectivity index (χ0) is 9.68. The topological polar surface area (TPSA) is 63.8 Å². The Morgan fingerprint density at radius 3 is 2.92 bits per heavy atom. The molecule has 0 aliphatic heterocycles. The van der Waals surface area contributed by atoms with E-state index >= 15 is 0 Å². The number of hydrogen-bond donors (Lipinski definition) is 2. The number of hydrazine groups is 1. The molecule has 4 nitrogen and oxygen atoms in total. The number of nitrogens with two attached hydrogens (primary N) is 1. The average Bonchev–Trinajstić information content (AvgIpc) is 2.18. The van der Waals surface area contributed by atoms with Crippen LogP contribution in [-0.4, -0.2) is 10.2 Å². The standard InChI is InChI=1S/C9H12N4/c1-3-5-7-6-11-13-9(12-10)8(7)4-2/h3-6H,2,10H2,1H3,(H,12,13)/b5-3-. The average molecular weight is 176 g/mol. The summed E-state index contributed by atoms with van der Waals surface area (Å²) in [6.07, 6.45) is 7.20. The first kappa shape index (κ1) is 9.41. The number of rotatable bonds is 3. The number of allylic oxidation sites excluding steroid dienone is 1. The second kappa shape index (κ2) is 4.37. The van der Waals surface area contributed by atoms with Gasteiger partial charge >= 0.3 is 0 Å². The fraction of sp³-hybridized carbons (Fsp3) is 0.111. The van der Waals surface area contributed by atoms with Crippen molar-refractivity contribution in [3.8, 4) is 0 Å². The molecular formula is C9H12N4. The predicted octanol–water partition coefficient (Wildman–Crippen LogP) is 1.44. The van der Waals surface area contributed by atoms with Crippen LogP contribution >= 0.6 is 0 Å². The molecule has 1 aromatic rings. The molecule has 0 bridgehead atoms. The number of hydrogen-bond acceptors (Lipinski definition) is 4. The van der Waals surface area contributed by atoms with Crippen molar-refractivity contribution >= 4 is 18.0 Å². The predicted molar refractivity (Wildman–Crippen MR) is 54.6 cm³/mol. The fourth-order valence-corrected chi connectivity index (χ4v) is 1.04. The van der Waals surface area contributed by atoms with E-state index in [1.807, 2.05) is 19.1 Å². The van der Waals surface area contributed by atoms with E-state index in [1.165, 1.54) is 0 Å². The largest absolute Gasteiger partial charge is 0.306 e. The second-order valence-corrected chi connectivity index (χ2v) is 2.41. The zero-order valence-corrected chi connectivity index (χ0v) is 7.49. The smallest absolute Gasteiger partial charge is 0.170 e. The van der Waals surface area contributed by atoms with Gasteiger partial charge in [-0.1, -0.05) is 24.8 Å². The molecule has 68 valence electrons. The molecule has 4 heteroatoms. The van der Waals surface area contributed by atoms with E-state index in [9.17, 15) is 0 Å². The van der Waals surface area contributed by atoms with E-state index in [-0.39, 0.29) is 0 Å². The van der Waals surface area contributed by atoms with Crippen LogP contribution in [-0.2, 0) is 0 Å². The van der Waals surface area contributed by atoms with E-state index < -0.39 is 0 Å². The molecule has 0 saturated heterocycles. The molecule has 0 aromatic carbocycles. The van der Waals surface area contributed by atoms with E-state index in [2.05, 4.69) is 22.2 Å². The summed E-state index contributed by atoms with van der Waals surface area (Å²) in [5.41, 5.74) is 4.27. The number of aromatic nitrogens is 2. The molecule has 13 heavy (non-hydrogen) atoms. The van der Waals surface area contributed by atoms with Gasteiger partial charge in [-0.25, -0.2) is 5.84 Å². The molecule has 0 aliphatic carbocycles. The molecule has 3 N–H and O–H groups in total. The molecule has 0 aliphatic rings. The summed E-state index contributed by atoms with van der Waals surface area (Å²) in [6, 6.07) is 0. The summed E-state index contributed by atoms with van der Waals surface area (Å²) in [5.74, 6) is 5.80. The number of nitrogens with zero attached hydrogens (tertiary/aromatic N) is 2. The lowest BCUT2D eigenvalue weighted by atomic mass is 10.1. The summed E-state index contributed by atoms with van der Waals surface area (Å²) in [7, 11) is 0. The van der Waals surface area contributed by atoms with Crippen LogP contribution in [0.1, 0.15) is 18.1 Å². The molecular weight excluding hydrogens is 164 g/mol. The maximum atomic E-state index is 5.27. The summed E-state index contributed by atoms with van der Waals surface area (Å²) in [6.45, 7) is 5.62. The van der Waals surface area contributed by atoms with Crippen molar-refractivity contribution in [2.45, 2.75) is 6.92 Å². The number of nitrogens with one attached hydrogen (secondary N) is 1. The minimum atomic E-state index is 0.533. The molecule has 0 unspecified atom stereocenters. The van der Waals surface area contributed by atoms with Gasteiger partial charge in [0.15, 0.2) is 5.82 Å². The Balaban J connectivity index is 3.26. The van der Waals surface area contributed by atoms with Crippen molar-refractivity contribution in [3.63, 3.8) is 0 Å². The third-order valence-electron chi connectivity index (χ3n) is 1.61. The number of anilines is 1. The van der Waals surface area contributed by atoms with Crippen LogP contribution < -0.4 is 11.3 Å².